The second-order valence-electron chi connectivity index (χ2n) is 7.67. The molecule has 0 saturated carbocycles. The van der Waals surface area contributed by atoms with Crippen LogP contribution >= 0.6 is 11.8 Å². The van der Waals surface area contributed by atoms with Crippen molar-refractivity contribution in [1.82, 2.24) is 30.2 Å². The first-order chi connectivity index (χ1) is 16.7. The van der Waals surface area contributed by atoms with Gasteiger partial charge < -0.3 is 19.5 Å². The van der Waals surface area contributed by atoms with E-state index in [2.05, 4.69) is 27.4 Å². The molecule has 0 bridgehead atoms. The van der Waals surface area contributed by atoms with E-state index in [9.17, 15) is 4.79 Å². The summed E-state index contributed by atoms with van der Waals surface area (Å²) in [5.41, 5.74) is 1.87. The summed E-state index contributed by atoms with van der Waals surface area (Å²) >= 11 is 1.60. The van der Waals surface area contributed by atoms with Crippen LogP contribution in [0.25, 0.3) is 22.4 Å². The van der Waals surface area contributed by atoms with Gasteiger partial charge in [-0.1, -0.05) is 54.2 Å². The van der Waals surface area contributed by atoms with E-state index in [1.807, 2.05) is 30.3 Å². The summed E-state index contributed by atoms with van der Waals surface area (Å²) in [4.78, 5) is 24.3. The molecule has 176 valence electrons. The number of hydrogen-bond acceptors (Lipinski definition) is 9. The number of thioether (sulfide) groups is 1. The highest BCUT2D eigenvalue weighted by molar-refractivity contribution is 7.99. The Kier molecular flexibility index (Phi) is 6.72. The fraction of sp³-hybridized carbons (Fsp3) is 0.348. The fourth-order valence-corrected chi connectivity index (χ4v) is 4.34. The third-order valence-corrected chi connectivity index (χ3v) is 6.18. The lowest BCUT2D eigenvalue weighted by atomic mass is 10.1. The number of hydrogen-bond donors (Lipinski definition) is 1. The van der Waals surface area contributed by atoms with Crippen molar-refractivity contribution in [2.24, 2.45) is 0 Å². The molecule has 0 unspecified atom stereocenters. The Morgan fingerprint density at radius 1 is 1.18 bits per heavy atom. The van der Waals surface area contributed by atoms with Crippen molar-refractivity contribution in [2.45, 2.75) is 18.6 Å². The third kappa shape index (κ3) is 4.75. The Balaban J connectivity index is 1.29. The molecule has 0 aliphatic carbocycles. The highest BCUT2D eigenvalue weighted by Crippen LogP contribution is 2.27. The van der Waals surface area contributed by atoms with Gasteiger partial charge in [0.25, 0.3) is 5.91 Å². The van der Waals surface area contributed by atoms with Crippen LogP contribution in [0.3, 0.4) is 0 Å². The maximum Gasteiger partial charge on any atom is 0.273 e. The monoisotopic (exact) mass is 479 g/mol. The lowest BCUT2D eigenvalue weighted by Crippen LogP contribution is -2.37. The van der Waals surface area contributed by atoms with Gasteiger partial charge in [-0.3, -0.25) is 4.79 Å². The summed E-state index contributed by atoms with van der Waals surface area (Å²) in [7, 11) is 0. The number of fused-ring (bicyclic) bond motifs is 1. The molecule has 1 aromatic carbocycles. The van der Waals surface area contributed by atoms with Gasteiger partial charge in [0.2, 0.25) is 0 Å². The number of carbonyl (C=O) groups excluding carboxylic acids is 1. The molecule has 1 aliphatic heterocycles. The fourth-order valence-electron chi connectivity index (χ4n) is 3.78. The summed E-state index contributed by atoms with van der Waals surface area (Å²) < 4.78 is 12.6. The minimum absolute atomic E-state index is 0.239. The minimum Gasteiger partial charge on any atom is -0.378 e. The smallest absolute Gasteiger partial charge is 0.273 e. The van der Waals surface area contributed by atoms with Crippen LogP contribution in [-0.2, 0) is 11.3 Å². The molecule has 1 aliphatic rings. The molecule has 4 heterocycles. The molecule has 1 amide bonds. The molecule has 5 rings (SSSR count). The Bertz CT molecular complexity index is 1270. The maximum atomic E-state index is 12.6. The SMILES string of the molecule is CCSc1nc(N2CCOCC2)c2cnn(CCNC(=O)c3cc(-c4ccccc4)on3)c2n1. The van der Waals surface area contributed by atoms with Crippen molar-refractivity contribution in [3.8, 4) is 11.3 Å². The van der Waals surface area contributed by atoms with Gasteiger partial charge in [0.15, 0.2) is 22.3 Å². The Hall–Kier alpha value is -3.44. The molecular weight excluding hydrogens is 454 g/mol. The van der Waals surface area contributed by atoms with E-state index in [0.717, 1.165) is 46.4 Å². The van der Waals surface area contributed by atoms with Crippen LogP contribution in [0.5, 0.6) is 0 Å². The standard InChI is InChI=1S/C23H25N7O3S/c1-2-34-23-26-20(29-10-12-32-13-11-29)17-15-25-30(21(17)27-23)9-8-24-22(31)18-14-19(33-28-18)16-6-4-3-5-7-16/h3-7,14-15H,2,8-13H2,1H3,(H,24,31). The molecular formula is C23H25N7O3S. The normalized spacial score (nSPS) is 14.0. The Morgan fingerprint density at radius 2 is 2.00 bits per heavy atom. The van der Waals surface area contributed by atoms with Crippen molar-refractivity contribution in [3.05, 3.63) is 48.3 Å². The summed E-state index contributed by atoms with van der Waals surface area (Å²) in [6.07, 6.45) is 1.80. The number of nitrogens with one attached hydrogen (secondary N) is 1. The van der Waals surface area contributed by atoms with Crippen LogP contribution in [0.1, 0.15) is 17.4 Å². The number of ether oxygens (including phenoxy) is 1. The number of amides is 1. The van der Waals surface area contributed by atoms with Crippen molar-refractivity contribution >= 4 is 34.5 Å². The first-order valence-corrected chi connectivity index (χ1v) is 12.2. The van der Waals surface area contributed by atoms with Gasteiger partial charge in [-0.2, -0.15) is 5.10 Å². The second kappa shape index (κ2) is 10.2. The highest BCUT2D eigenvalue weighted by Gasteiger charge is 2.20. The zero-order chi connectivity index (χ0) is 23.3. The molecule has 34 heavy (non-hydrogen) atoms. The number of aromatic nitrogens is 5. The van der Waals surface area contributed by atoms with Gasteiger partial charge in [0.1, 0.15) is 5.82 Å². The van der Waals surface area contributed by atoms with E-state index in [-0.39, 0.29) is 11.6 Å². The number of rotatable bonds is 8. The molecule has 10 nitrogen and oxygen atoms in total. The summed E-state index contributed by atoms with van der Waals surface area (Å²) in [5, 5.41) is 12.9. The average molecular weight is 480 g/mol. The van der Waals surface area contributed by atoms with Crippen LogP contribution in [0, 0.1) is 0 Å². The van der Waals surface area contributed by atoms with Crippen LogP contribution in [0.2, 0.25) is 0 Å². The van der Waals surface area contributed by atoms with E-state index < -0.39 is 0 Å². The van der Waals surface area contributed by atoms with Gasteiger partial charge in [0, 0.05) is 31.3 Å². The number of nitrogens with zero attached hydrogens (tertiary/aromatic N) is 6. The van der Waals surface area contributed by atoms with E-state index in [1.165, 1.54) is 0 Å². The lowest BCUT2D eigenvalue weighted by molar-refractivity contribution is 0.0943. The van der Waals surface area contributed by atoms with Crippen LogP contribution in [-0.4, -0.2) is 69.4 Å². The van der Waals surface area contributed by atoms with Crippen molar-refractivity contribution < 1.29 is 14.1 Å². The molecule has 0 spiro atoms. The predicted octanol–water partition coefficient (Wildman–Crippen LogP) is 2.86. The first kappa shape index (κ1) is 22.4. The predicted molar refractivity (Wildman–Crippen MR) is 129 cm³/mol. The van der Waals surface area contributed by atoms with Gasteiger partial charge in [-0.25, -0.2) is 14.6 Å². The van der Waals surface area contributed by atoms with E-state index in [1.54, 1.807) is 28.7 Å². The molecule has 4 aromatic rings. The first-order valence-electron chi connectivity index (χ1n) is 11.2. The number of morpholine rings is 1. The van der Waals surface area contributed by atoms with Gasteiger partial charge in [0.05, 0.1) is 31.3 Å². The van der Waals surface area contributed by atoms with Crippen molar-refractivity contribution in [1.29, 1.82) is 0 Å². The van der Waals surface area contributed by atoms with Gasteiger partial charge in [-0.15, -0.1) is 0 Å². The van der Waals surface area contributed by atoms with Crippen LogP contribution in [0.15, 0.2) is 52.3 Å². The van der Waals surface area contributed by atoms with E-state index >= 15 is 0 Å². The topological polar surface area (TPSA) is 111 Å². The summed E-state index contributed by atoms with van der Waals surface area (Å²) in [6, 6.07) is 11.2. The largest absolute Gasteiger partial charge is 0.378 e. The molecule has 1 N–H and O–H groups in total. The zero-order valence-corrected chi connectivity index (χ0v) is 19.6. The van der Waals surface area contributed by atoms with Crippen molar-refractivity contribution in [3.63, 3.8) is 0 Å². The average Bonchev–Trinajstić information content (AvgIpc) is 3.53. The number of benzene rings is 1. The summed E-state index contributed by atoms with van der Waals surface area (Å²) in [5.74, 6) is 2.02. The van der Waals surface area contributed by atoms with Crippen LogP contribution in [0.4, 0.5) is 5.82 Å². The van der Waals surface area contributed by atoms with E-state index in [4.69, 9.17) is 19.2 Å². The van der Waals surface area contributed by atoms with Gasteiger partial charge >= 0.3 is 0 Å². The van der Waals surface area contributed by atoms with Crippen molar-refractivity contribution in [2.75, 3.05) is 43.5 Å². The lowest BCUT2D eigenvalue weighted by Gasteiger charge is -2.28. The molecule has 0 atom stereocenters. The second-order valence-corrected chi connectivity index (χ2v) is 8.90. The quantitative estimate of drug-likeness (QED) is 0.301. The highest BCUT2D eigenvalue weighted by atomic mass is 32.2. The third-order valence-electron chi connectivity index (χ3n) is 5.45. The number of carbonyl (C=O) groups is 1. The Labute approximate surface area is 200 Å². The zero-order valence-electron chi connectivity index (χ0n) is 18.8. The molecule has 1 saturated heterocycles. The minimum atomic E-state index is -0.298. The number of anilines is 1. The summed E-state index contributed by atoms with van der Waals surface area (Å²) in [6.45, 7) is 5.84. The molecule has 3 aromatic heterocycles. The maximum absolute atomic E-state index is 12.6. The molecule has 1 fully saturated rings. The molecule has 0 radical (unpaired) electrons. The van der Waals surface area contributed by atoms with E-state index in [0.29, 0.717) is 32.1 Å². The van der Waals surface area contributed by atoms with Crippen LogP contribution < -0.4 is 10.2 Å². The van der Waals surface area contributed by atoms with Gasteiger partial charge in [-0.05, 0) is 5.75 Å². The Morgan fingerprint density at radius 3 is 2.79 bits per heavy atom. The molecule has 11 heteroatoms.